The lowest BCUT2D eigenvalue weighted by Gasteiger charge is -2.52. The number of rotatable bonds is 5. The molecule has 1 saturated heterocycles. The molecule has 3 nitrogen and oxygen atoms in total. The summed E-state index contributed by atoms with van der Waals surface area (Å²) in [6.07, 6.45) is 8.61. The molecule has 1 aromatic carbocycles. The van der Waals surface area contributed by atoms with Gasteiger partial charge in [0, 0.05) is 18.4 Å². The summed E-state index contributed by atoms with van der Waals surface area (Å²) in [6.45, 7) is 7.18. The second-order valence-electron chi connectivity index (χ2n) is 7.52. The van der Waals surface area contributed by atoms with E-state index in [1.807, 2.05) is 6.07 Å². The summed E-state index contributed by atoms with van der Waals surface area (Å²) < 4.78 is 5.39. The summed E-state index contributed by atoms with van der Waals surface area (Å²) in [5.74, 6) is 1.17. The van der Waals surface area contributed by atoms with E-state index in [0.29, 0.717) is 17.7 Å². The number of carbonyl (C=O) groups is 1. The zero-order valence-electron chi connectivity index (χ0n) is 15.4. The Hall–Kier alpha value is -1.35. The van der Waals surface area contributed by atoms with Crippen molar-refractivity contribution in [2.75, 3.05) is 6.54 Å². The normalized spacial score (nSPS) is 28.8. The number of nitrogens with one attached hydrogen (secondary N) is 1. The molecule has 0 spiro atoms. The number of unbranched alkanes of at least 4 members (excludes halogenated alkanes) is 1. The average molecular weight is 329 g/mol. The zero-order valence-corrected chi connectivity index (χ0v) is 15.4. The van der Waals surface area contributed by atoms with Crippen LogP contribution in [-0.2, 0) is 16.6 Å². The molecule has 2 aliphatic rings. The van der Waals surface area contributed by atoms with Crippen LogP contribution in [0.5, 0.6) is 5.75 Å². The van der Waals surface area contributed by atoms with Gasteiger partial charge in [0.15, 0.2) is 0 Å². The van der Waals surface area contributed by atoms with Crippen LogP contribution in [-0.4, -0.2) is 18.6 Å². The van der Waals surface area contributed by atoms with Gasteiger partial charge in [-0.15, -0.1) is 0 Å². The van der Waals surface area contributed by atoms with Gasteiger partial charge in [-0.25, -0.2) is 0 Å². The van der Waals surface area contributed by atoms with Gasteiger partial charge in [0.1, 0.15) is 5.75 Å². The van der Waals surface area contributed by atoms with E-state index in [2.05, 4.69) is 31.3 Å². The molecule has 24 heavy (non-hydrogen) atoms. The van der Waals surface area contributed by atoms with Gasteiger partial charge in [0.2, 0.25) is 0 Å². The monoisotopic (exact) mass is 329 g/mol. The first-order valence-electron chi connectivity index (χ1n) is 9.66. The van der Waals surface area contributed by atoms with E-state index in [1.54, 1.807) is 0 Å². The van der Waals surface area contributed by atoms with Gasteiger partial charge >= 0.3 is 5.97 Å². The van der Waals surface area contributed by atoms with Crippen molar-refractivity contribution in [3.8, 4) is 5.75 Å². The Bertz CT molecular complexity index is 598. The second-order valence-corrected chi connectivity index (χ2v) is 7.52. The lowest BCUT2D eigenvalue weighted by molar-refractivity contribution is -0.131. The van der Waals surface area contributed by atoms with Gasteiger partial charge in [-0.05, 0) is 67.8 Å². The van der Waals surface area contributed by atoms with E-state index in [-0.39, 0.29) is 11.4 Å². The van der Waals surface area contributed by atoms with Crippen molar-refractivity contribution in [1.29, 1.82) is 0 Å². The highest BCUT2D eigenvalue weighted by molar-refractivity contribution is 5.69. The van der Waals surface area contributed by atoms with E-state index in [9.17, 15) is 4.79 Å². The Balaban J connectivity index is 1.97. The molecule has 3 heteroatoms. The van der Waals surface area contributed by atoms with Crippen molar-refractivity contribution in [3.63, 3.8) is 0 Å². The number of esters is 1. The molecule has 1 aromatic rings. The average Bonchev–Trinajstić information content (AvgIpc) is 2.59. The summed E-state index contributed by atoms with van der Waals surface area (Å²) >= 11 is 0. The van der Waals surface area contributed by atoms with Crippen molar-refractivity contribution in [2.24, 2.45) is 5.92 Å². The van der Waals surface area contributed by atoms with Crippen molar-refractivity contribution >= 4 is 5.97 Å². The largest absolute Gasteiger partial charge is 0.427 e. The summed E-state index contributed by atoms with van der Waals surface area (Å²) in [6, 6.07) is 6.93. The van der Waals surface area contributed by atoms with Crippen molar-refractivity contribution in [3.05, 3.63) is 29.3 Å². The minimum Gasteiger partial charge on any atom is -0.427 e. The molecular formula is C21H31NO2. The fourth-order valence-electron chi connectivity index (χ4n) is 5.14. The van der Waals surface area contributed by atoms with E-state index >= 15 is 0 Å². The van der Waals surface area contributed by atoms with Crippen LogP contribution in [0.4, 0.5) is 0 Å². The highest BCUT2D eigenvalue weighted by atomic mass is 16.5. The summed E-state index contributed by atoms with van der Waals surface area (Å²) in [5, 5.41) is 3.80. The summed E-state index contributed by atoms with van der Waals surface area (Å²) in [7, 11) is 0. The van der Waals surface area contributed by atoms with Gasteiger partial charge in [-0.2, -0.15) is 0 Å². The number of aryl methyl sites for hydroxylation is 1. The fourth-order valence-corrected chi connectivity index (χ4v) is 5.14. The number of benzene rings is 1. The number of hydrogen-bond acceptors (Lipinski definition) is 3. The van der Waals surface area contributed by atoms with Crippen LogP contribution in [0.15, 0.2) is 18.2 Å². The maximum Gasteiger partial charge on any atom is 0.308 e. The van der Waals surface area contributed by atoms with Crippen LogP contribution >= 0.6 is 0 Å². The number of fused-ring (bicyclic) bond motifs is 3. The molecule has 0 aromatic heterocycles. The number of carbonyl (C=O) groups excluding carboxylic acids is 1. The minimum absolute atomic E-state index is 0.237. The third-order valence-corrected chi connectivity index (χ3v) is 6.28. The summed E-state index contributed by atoms with van der Waals surface area (Å²) in [5.41, 5.74) is 3.15. The maximum atomic E-state index is 11.4. The standard InChI is InChI=1S/C21H31NO2/c1-4-6-7-20-18-11-9-16-8-10-17(24-15(3)23)14-19(16)21(18,5-2)12-13-22-20/h8,10,14,18,20,22H,4-7,9,11-13H2,1-3H3. The van der Waals surface area contributed by atoms with Crippen LogP contribution < -0.4 is 10.1 Å². The predicted octanol–water partition coefficient (Wildman–Crippen LogP) is 4.37. The minimum atomic E-state index is -0.237. The molecule has 0 bridgehead atoms. The first-order chi connectivity index (χ1) is 11.6. The van der Waals surface area contributed by atoms with Gasteiger partial charge < -0.3 is 10.1 Å². The van der Waals surface area contributed by atoms with E-state index in [4.69, 9.17) is 4.74 Å². The highest BCUT2D eigenvalue weighted by Gasteiger charge is 2.48. The number of piperidine rings is 1. The third-order valence-electron chi connectivity index (χ3n) is 6.28. The molecule has 1 aliphatic carbocycles. The van der Waals surface area contributed by atoms with Gasteiger partial charge in [0.05, 0.1) is 0 Å². The molecule has 3 rings (SSSR count). The topological polar surface area (TPSA) is 38.3 Å². The van der Waals surface area contributed by atoms with Gasteiger partial charge in [-0.3, -0.25) is 4.79 Å². The van der Waals surface area contributed by atoms with Crippen molar-refractivity contribution < 1.29 is 9.53 Å². The first-order valence-corrected chi connectivity index (χ1v) is 9.66. The molecule has 1 N–H and O–H groups in total. The van der Waals surface area contributed by atoms with Crippen LogP contribution in [0.3, 0.4) is 0 Å². The summed E-state index contributed by atoms with van der Waals surface area (Å²) in [4.78, 5) is 11.4. The molecule has 132 valence electrons. The molecule has 3 unspecified atom stereocenters. The molecular weight excluding hydrogens is 298 g/mol. The predicted molar refractivity (Wildman–Crippen MR) is 97.5 cm³/mol. The van der Waals surface area contributed by atoms with Gasteiger partial charge in [0.25, 0.3) is 0 Å². The fraction of sp³-hybridized carbons (Fsp3) is 0.667. The lowest BCUT2D eigenvalue weighted by Crippen LogP contribution is -2.56. The Labute approximate surface area is 146 Å². The van der Waals surface area contributed by atoms with Crippen LogP contribution in [0.25, 0.3) is 0 Å². The van der Waals surface area contributed by atoms with Crippen LogP contribution in [0.1, 0.15) is 70.4 Å². The quantitative estimate of drug-likeness (QED) is 0.644. The third kappa shape index (κ3) is 3.11. The molecule has 1 fully saturated rings. The van der Waals surface area contributed by atoms with Crippen LogP contribution in [0.2, 0.25) is 0 Å². The molecule has 3 atom stereocenters. The second kappa shape index (κ2) is 7.26. The Morgan fingerprint density at radius 1 is 1.38 bits per heavy atom. The SMILES string of the molecule is CCCCC1NCCC2(CC)c3cc(OC(C)=O)ccc3CCC12. The molecule has 1 aliphatic heterocycles. The number of hydrogen-bond donors (Lipinski definition) is 1. The smallest absolute Gasteiger partial charge is 0.308 e. The Morgan fingerprint density at radius 3 is 2.92 bits per heavy atom. The Morgan fingerprint density at radius 2 is 2.21 bits per heavy atom. The van der Waals surface area contributed by atoms with Gasteiger partial charge in [-0.1, -0.05) is 32.8 Å². The maximum absolute atomic E-state index is 11.4. The van der Waals surface area contributed by atoms with E-state index in [1.165, 1.54) is 56.6 Å². The molecule has 0 amide bonds. The zero-order chi connectivity index (χ0) is 17.2. The molecule has 0 saturated carbocycles. The first kappa shape index (κ1) is 17.5. The van der Waals surface area contributed by atoms with Crippen molar-refractivity contribution in [2.45, 2.75) is 77.2 Å². The molecule has 1 heterocycles. The lowest BCUT2D eigenvalue weighted by atomic mass is 9.56. The molecule has 0 radical (unpaired) electrons. The number of ether oxygens (including phenoxy) is 1. The Kier molecular flexibility index (Phi) is 5.29. The van der Waals surface area contributed by atoms with E-state index < -0.39 is 0 Å². The van der Waals surface area contributed by atoms with Crippen LogP contribution in [0, 0.1) is 5.92 Å². The van der Waals surface area contributed by atoms with E-state index in [0.717, 1.165) is 13.0 Å². The van der Waals surface area contributed by atoms with Crippen molar-refractivity contribution in [1.82, 2.24) is 5.32 Å². The highest BCUT2D eigenvalue weighted by Crippen LogP contribution is 2.51.